The van der Waals surface area contributed by atoms with E-state index >= 15 is 0 Å². The molecule has 0 aliphatic heterocycles. The second-order valence-corrected chi connectivity index (χ2v) is 4.45. The van der Waals surface area contributed by atoms with Gasteiger partial charge in [0.05, 0.1) is 18.1 Å². The number of pyridine rings is 1. The van der Waals surface area contributed by atoms with Crippen LogP contribution in [-0.2, 0) is 13.6 Å². The minimum Gasteiger partial charge on any atom is -0.372 e. The molecule has 0 aromatic carbocycles. The van der Waals surface area contributed by atoms with Crippen LogP contribution in [0, 0.1) is 0 Å². The van der Waals surface area contributed by atoms with Gasteiger partial charge in [0.25, 0.3) is 0 Å². The van der Waals surface area contributed by atoms with Crippen molar-refractivity contribution < 1.29 is 0 Å². The molecule has 0 saturated carbocycles. The largest absolute Gasteiger partial charge is 0.372 e. The number of fused-ring (bicyclic) bond motifs is 1. The Hall–Kier alpha value is -2.70. The van der Waals surface area contributed by atoms with Crippen LogP contribution in [0.5, 0.6) is 0 Å². The molecule has 3 rings (SSSR count). The molecule has 0 atom stereocenters. The maximum Gasteiger partial charge on any atom is 0.181 e. The van der Waals surface area contributed by atoms with E-state index in [0.29, 0.717) is 12.4 Å². The van der Waals surface area contributed by atoms with Crippen molar-refractivity contribution in [3.63, 3.8) is 0 Å². The number of nitrogens with zero attached hydrogens (tertiary/aromatic N) is 5. The lowest BCUT2D eigenvalue weighted by atomic mass is 10.3. The summed E-state index contributed by atoms with van der Waals surface area (Å²) in [5.74, 6) is 1.41. The van der Waals surface area contributed by atoms with Crippen LogP contribution in [0.1, 0.15) is 5.82 Å². The molecule has 20 heavy (non-hydrogen) atoms. The molecule has 7 nitrogen and oxygen atoms in total. The van der Waals surface area contributed by atoms with Crippen molar-refractivity contribution >= 4 is 16.9 Å². The highest BCUT2D eigenvalue weighted by atomic mass is 16.1. The van der Waals surface area contributed by atoms with Gasteiger partial charge in [-0.2, -0.15) is 5.10 Å². The van der Waals surface area contributed by atoms with Crippen molar-refractivity contribution in [3.05, 3.63) is 46.8 Å². The third-order valence-electron chi connectivity index (χ3n) is 3.06. The summed E-state index contributed by atoms with van der Waals surface area (Å²) in [6.07, 6.45) is 5.18. The zero-order valence-electron chi connectivity index (χ0n) is 11.2. The third kappa shape index (κ3) is 2.13. The van der Waals surface area contributed by atoms with Crippen molar-refractivity contribution in [3.8, 4) is 0 Å². The summed E-state index contributed by atoms with van der Waals surface area (Å²) in [4.78, 5) is 20.1. The molecule has 3 aromatic heterocycles. The average Bonchev–Trinajstić information content (AvgIpc) is 2.82. The molecule has 0 amide bonds. The summed E-state index contributed by atoms with van der Waals surface area (Å²) in [6.45, 7) is 0.496. The highest BCUT2D eigenvalue weighted by Gasteiger charge is 2.10. The molecule has 1 N–H and O–H groups in total. The smallest absolute Gasteiger partial charge is 0.181 e. The van der Waals surface area contributed by atoms with Crippen molar-refractivity contribution in [1.82, 2.24) is 24.3 Å². The second kappa shape index (κ2) is 4.76. The number of hydrogen-bond acceptors (Lipinski definition) is 5. The normalized spacial score (nSPS) is 10.9. The second-order valence-electron chi connectivity index (χ2n) is 4.45. The molecule has 0 aliphatic carbocycles. The molecule has 102 valence electrons. The SMILES string of the molecule is CNc1nc(Cn2ccc(=O)cc2)nc2c1cnn2C. The van der Waals surface area contributed by atoms with E-state index < -0.39 is 0 Å². The zero-order chi connectivity index (χ0) is 14.1. The minimum absolute atomic E-state index is 0.0137. The van der Waals surface area contributed by atoms with Crippen LogP contribution in [0.2, 0.25) is 0 Å². The number of nitrogens with one attached hydrogen (secondary N) is 1. The Morgan fingerprint density at radius 2 is 2.00 bits per heavy atom. The summed E-state index contributed by atoms with van der Waals surface area (Å²) in [6, 6.07) is 3.03. The molecule has 7 heteroatoms. The quantitative estimate of drug-likeness (QED) is 0.754. The minimum atomic E-state index is -0.0137. The lowest BCUT2D eigenvalue weighted by molar-refractivity contribution is 0.730. The zero-order valence-corrected chi connectivity index (χ0v) is 11.2. The third-order valence-corrected chi connectivity index (χ3v) is 3.06. The van der Waals surface area contributed by atoms with Crippen LogP contribution in [-0.4, -0.2) is 31.4 Å². The highest BCUT2D eigenvalue weighted by molar-refractivity contribution is 5.86. The maximum atomic E-state index is 11.1. The van der Waals surface area contributed by atoms with Gasteiger partial charge in [0.15, 0.2) is 16.9 Å². The van der Waals surface area contributed by atoms with E-state index in [1.54, 1.807) is 23.3 Å². The number of aromatic nitrogens is 5. The van der Waals surface area contributed by atoms with Gasteiger partial charge >= 0.3 is 0 Å². The van der Waals surface area contributed by atoms with Crippen LogP contribution in [0.4, 0.5) is 5.82 Å². The molecule has 0 radical (unpaired) electrons. The topological polar surface area (TPSA) is 77.6 Å². The highest BCUT2D eigenvalue weighted by Crippen LogP contribution is 2.19. The lowest BCUT2D eigenvalue weighted by Crippen LogP contribution is -2.09. The Morgan fingerprint density at radius 1 is 1.25 bits per heavy atom. The Morgan fingerprint density at radius 3 is 2.70 bits per heavy atom. The van der Waals surface area contributed by atoms with Crippen LogP contribution < -0.4 is 10.7 Å². The summed E-state index contributed by atoms with van der Waals surface area (Å²) >= 11 is 0. The van der Waals surface area contributed by atoms with Gasteiger partial charge < -0.3 is 9.88 Å². The first-order chi connectivity index (χ1) is 9.67. The summed E-state index contributed by atoms with van der Waals surface area (Å²) in [5.41, 5.74) is 0.764. The number of anilines is 1. The van der Waals surface area contributed by atoms with Crippen molar-refractivity contribution in [2.45, 2.75) is 6.54 Å². The van der Waals surface area contributed by atoms with E-state index in [1.807, 2.05) is 18.7 Å². The standard InChI is InChI=1S/C13H14N6O/c1-14-12-10-7-15-18(2)13(10)17-11(16-12)8-19-5-3-9(20)4-6-19/h3-7H,8H2,1-2H3,(H,14,16,17). The van der Waals surface area contributed by atoms with Gasteiger partial charge in [0.2, 0.25) is 0 Å². The predicted octanol–water partition coefficient (Wildman–Crippen LogP) is 0.615. The summed E-state index contributed by atoms with van der Waals surface area (Å²) < 4.78 is 3.57. The maximum absolute atomic E-state index is 11.1. The van der Waals surface area contributed by atoms with Gasteiger partial charge in [0.1, 0.15) is 5.82 Å². The molecular formula is C13H14N6O. The predicted molar refractivity (Wildman–Crippen MR) is 75.7 cm³/mol. The Bertz CT molecular complexity index is 799. The Labute approximate surface area is 114 Å². The van der Waals surface area contributed by atoms with E-state index in [2.05, 4.69) is 20.4 Å². The van der Waals surface area contributed by atoms with E-state index in [1.165, 1.54) is 12.1 Å². The van der Waals surface area contributed by atoms with Gasteiger partial charge in [-0.05, 0) is 0 Å². The summed E-state index contributed by atoms with van der Waals surface area (Å²) in [5, 5.41) is 8.13. The molecule has 0 unspecified atom stereocenters. The van der Waals surface area contributed by atoms with Gasteiger partial charge in [-0.3, -0.25) is 9.48 Å². The first-order valence-electron chi connectivity index (χ1n) is 6.20. The first kappa shape index (κ1) is 12.3. The fraction of sp³-hybridized carbons (Fsp3) is 0.231. The number of aryl methyl sites for hydroxylation is 1. The number of rotatable bonds is 3. The number of hydrogen-bond donors (Lipinski definition) is 1. The molecule has 0 aliphatic rings. The van der Waals surface area contributed by atoms with Gasteiger partial charge in [-0.25, -0.2) is 9.97 Å². The van der Waals surface area contributed by atoms with Gasteiger partial charge in [-0.15, -0.1) is 0 Å². The van der Waals surface area contributed by atoms with E-state index in [9.17, 15) is 4.79 Å². The molecule has 0 spiro atoms. The molecule has 0 bridgehead atoms. The van der Waals surface area contributed by atoms with E-state index in [0.717, 1.165) is 16.9 Å². The molecule has 0 fully saturated rings. The van der Waals surface area contributed by atoms with E-state index in [-0.39, 0.29) is 5.43 Å². The molecule has 3 heterocycles. The average molecular weight is 270 g/mol. The molecule has 3 aromatic rings. The lowest BCUT2D eigenvalue weighted by Gasteiger charge is -2.08. The summed E-state index contributed by atoms with van der Waals surface area (Å²) in [7, 11) is 3.66. The Kier molecular flexibility index (Phi) is 2.94. The van der Waals surface area contributed by atoms with Crippen molar-refractivity contribution in [2.24, 2.45) is 7.05 Å². The monoisotopic (exact) mass is 270 g/mol. The first-order valence-corrected chi connectivity index (χ1v) is 6.20. The molecule has 0 saturated heterocycles. The van der Waals surface area contributed by atoms with Gasteiger partial charge in [-0.1, -0.05) is 0 Å². The van der Waals surface area contributed by atoms with Gasteiger partial charge in [0, 0.05) is 38.6 Å². The van der Waals surface area contributed by atoms with Crippen LogP contribution in [0.3, 0.4) is 0 Å². The van der Waals surface area contributed by atoms with Crippen LogP contribution >= 0.6 is 0 Å². The fourth-order valence-corrected chi connectivity index (χ4v) is 2.04. The molecular weight excluding hydrogens is 256 g/mol. The van der Waals surface area contributed by atoms with E-state index in [4.69, 9.17) is 0 Å². The van der Waals surface area contributed by atoms with Crippen LogP contribution in [0.25, 0.3) is 11.0 Å². The Balaban J connectivity index is 2.05. The van der Waals surface area contributed by atoms with Crippen LogP contribution in [0.15, 0.2) is 35.5 Å². The van der Waals surface area contributed by atoms with Crippen molar-refractivity contribution in [2.75, 3.05) is 12.4 Å². The van der Waals surface area contributed by atoms with Crippen molar-refractivity contribution in [1.29, 1.82) is 0 Å². The fourth-order valence-electron chi connectivity index (χ4n) is 2.04.